The van der Waals surface area contributed by atoms with Gasteiger partial charge in [-0.1, -0.05) is 51.5 Å². The van der Waals surface area contributed by atoms with Crippen LogP contribution in [0.2, 0.25) is 0 Å². The van der Waals surface area contributed by atoms with E-state index in [0.29, 0.717) is 18.4 Å². The zero-order valence-corrected chi connectivity index (χ0v) is 16.0. The van der Waals surface area contributed by atoms with Crippen molar-refractivity contribution in [3.63, 3.8) is 0 Å². The Bertz CT molecular complexity index is 613. The van der Waals surface area contributed by atoms with Crippen LogP contribution in [0.15, 0.2) is 24.3 Å². The van der Waals surface area contributed by atoms with E-state index in [1.54, 1.807) is 0 Å². The van der Waals surface area contributed by atoms with Gasteiger partial charge in [0.25, 0.3) is 5.91 Å². The molecule has 1 amide bonds. The van der Waals surface area contributed by atoms with E-state index in [1.165, 1.54) is 11.1 Å². The normalized spacial score (nSPS) is 17.6. The molecule has 1 saturated carbocycles. The standard InChI is InChI=1S/C21H31N3O/c1-5-6-16-7-9-17(10-8-16)20(15(2)3)23-13-19(25)24-21(4,14-22)18-11-12-18/h7-10,15,18,20,23H,5-6,11-13H2,1-4H3,(H,24,25)/p+1/t20-,21+/m1/s1. The molecular weight excluding hydrogens is 310 g/mol. The Morgan fingerprint density at radius 1 is 1.36 bits per heavy atom. The number of rotatable bonds is 9. The quantitative estimate of drug-likeness (QED) is 0.724. The topological polar surface area (TPSA) is 69.5 Å². The van der Waals surface area contributed by atoms with E-state index in [-0.39, 0.29) is 11.9 Å². The molecule has 4 nitrogen and oxygen atoms in total. The molecule has 0 spiro atoms. The van der Waals surface area contributed by atoms with Gasteiger partial charge in [0.15, 0.2) is 6.54 Å². The summed E-state index contributed by atoms with van der Waals surface area (Å²) in [4.78, 5) is 12.4. The summed E-state index contributed by atoms with van der Waals surface area (Å²) in [5.74, 6) is 0.688. The second-order valence-corrected chi connectivity index (χ2v) is 7.84. The fourth-order valence-electron chi connectivity index (χ4n) is 3.44. The Kier molecular flexibility index (Phi) is 6.61. The van der Waals surface area contributed by atoms with Crippen molar-refractivity contribution in [1.82, 2.24) is 5.32 Å². The molecule has 1 aliphatic carbocycles. The number of benzene rings is 1. The number of aryl methyl sites for hydroxylation is 1. The molecule has 0 unspecified atom stereocenters. The summed E-state index contributed by atoms with van der Waals surface area (Å²) in [5, 5.41) is 14.4. The first kappa shape index (κ1) is 19.5. The predicted molar refractivity (Wildman–Crippen MR) is 99.7 cm³/mol. The van der Waals surface area contributed by atoms with E-state index >= 15 is 0 Å². The maximum absolute atomic E-state index is 12.4. The van der Waals surface area contributed by atoms with Crippen molar-refractivity contribution in [2.24, 2.45) is 11.8 Å². The highest BCUT2D eigenvalue weighted by Gasteiger charge is 2.43. The van der Waals surface area contributed by atoms with Crippen molar-refractivity contribution in [1.29, 1.82) is 5.26 Å². The number of nitriles is 1. The molecule has 1 aliphatic rings. The number of nitrogens with one attached hydrogen (secondary N) is 1. The minimum absolute atomic E-state index is 0.0517. The Morgan fingerprint density at radius 2 is 2.00 bits per heavy atom. The number of quaternary nitrogens is 1. The Hall–Kier alpha value is -1.86. The third kappa shape index (κ3) is 5.31. The minimum atomic E-state index is -0.708. The number of hydrogen-bond donors (Lipinski definition) is 2. The maximum Gasteiger partial charge on any atom is 0.276 e. The Balaban J connectivity index is 1.95. The third-order valence-electron chi connectivity index (χ3n) is 5.20. The molecule has 2 atom stereocenters. The van der Waals surface area contributed by atoms with E-state index in [9.17, 15) is 10.1 Å². The number of carbonyl (C=O) groups is 1. The van der Waals surface area contributed by atoms with Crippen LogP contribution in [0.3, 0.4) is 0 Å². The summed E-state index contributed by atoms with van der Waals surface area (Å²) < 4.78 is 0. The van der Waals surface area contributed by atoms with Crippen LogP contribution in [-0.2, 0) is 11.2 Å². The van der Waals surface area contributed by atoms with Gasteiger partial charge in [-0.05, 0) is 37.7 Å². The summed E-state index contributed by atoms with van der Waals surface area (Å²) in [6, 6.07) is 11.3. The highest BCUT2D eigenvalue weighted by molar-refractivity contribution is 5.78. The van der Waals surface area contributed by atoms with Crippen LogP contribution in [0.25, 0.3) is 0 Å². The fraction of sp³-hybridized carbons (Fsp3) is 0.619. The van der Waals surface area contributed by atoms with E-state index in [4.69, 9.17) is 0 Å². The number of amides is 1. The Labute approximate surface area is 152 Å². The Morgan fingerprint density at radius 3 is 2.48 bits per heavy atom. The summed E-state index contributed by atoms with van der Waals surface area (Å²) in [5.41, 5.74) is 1.91. The average Bonchev–Trinajstić information content (AvgIpc) is 3.42. The molecule has 0 aliphatic heterocycles. The number of nitrogens with two attached hydrogens (primary N) is 1. The molecule has 0 bridgehead atoms. The van der Waals surface area contributed by atoms with Crippen LogP contribution in [0.1, 0.15) is 64.1 Å². The molecule has 0 saturated heterocycles. The molecule has 0 radical (unpaired) electrons. The van der Waals surface area contributed by atoms with Crippen molar-refractivity contribution >= 4 is 5.91 Å². The van der Waals surface area contributed by atoms with Gasteiger partial charge in [-0.15, -0.1) is 0 Å². The zero-order chi connectivity index (χ0) is 18.4. The van der Waals surface area contributed by atoms with Gasteiger partial charge in [0.2, 0.25) is 0 Å². The third-order valence-corrected chi connectivity index (χ3v) is 5.20. The van der Waals surface area contributed by atoms with Crippen LogP contribution in [0.5, 0.6) is 0 Å². The predicted octanol–water partition coefficient (Wildman–Crippen LogP) is 2.71. The average molecular weight is 343 g/mol. The van der Waals surface area contributed by atoms with Crippen molar-refractivity contribution in [2.75, 3.05) is 6.54 Å². The first-order chi connectivity index (χ1) is 11.9. The van der Waals surface area contributed by atoms with Gasteiger partial charge < -0.3 is 10.6 Å². The molecule has 4 heteroatoms. The lowest BCUT2D eigenvalue weighted by Crippen LogP contribution is -2.88. The van der Waals surface area contributed by atoms with Crippen LogP contribution >= 0.6 is 0 Å². The van der Waals surface area contributed by atoms with Gasteiger partial charge in [-0.25, -0.2) is 0 Å². The zero-order valence-electron chi connectivity index (χ0n) is 16.0. The molecule has 0 aromatic heterocycles. The van der Waals surface area contributed by atoms with E-state index < -0.39 is 5.54 Å². The highest BCUT2D eigenvalue weighted by Crippen LogP contribution is 2.39. The van der Waals surface area contributed by atoms with Gasteiger partial charge in [0.1, 0.15) is 11.6 Å². The molecule has 2 rings (SSSR count). The molecule has 1 aromatic carbocycles. The van der Waals surface area contributed by atoms with Crippen molar-refractivity contribution < 1.29 is 10.1 Å². The number of carbonyl (C=O) groups excluding carboxylic acids is 1. The van der Waals surface area contributed by atoms with Gasteiger partial charge in [-0.3, -0.25) is 4.79 Å². The monoisotopic (exact) mass is 342 g/mol. The number of hydrogen-bond acceptors (Lipinski definition) is 2. The summed E-state index contributed by atoms with van der Waals surface area (Å²) in [6.07, 6.45) is 4.32. The lowest BCUT2D eigenvalue weighted by molar-refractivity contribution is -0.692. The first-order valence-electron chi connectivity index (χ1n) is 9.54. The van der Waals surface area contributed by atoms with Crippen LogP contribution < -0.4 is 10.6 Å². The molecule has 25 heavy (non-hydrogen) atoms. The summed E-state index contributed by atoms with van der Waals surface area (Å²) >= 11 is 0. The van der Waals surface area contributed by atoms with Crippen LogP contribution in [0, 0.1) is 23.2 Å². The summed E-state index contributed by atoms with van der Waals surface area (Å²) in [6.45, 7) is 8.75. The smallest absolute Gasteiger partial charge is 0.276 e. The van der Waals surface area contributed by atoms with E-state index in [2.05, 4.69) is 61.7 Å². The van der Waals surface area contributed by atoms with Gasteiger partial charge >= 0.3 is 0 Å². The molecule has 136 valence electrons. The van der Waals surface area contributed by atoms with Gasteiger partial charge in [-0.2, -0.15) is 5.26 Å². The van der Waals surface area contributed by atoms with Crippen molar-refractivity contribution in [3.05, 3.63) is 35.4 Å². The van der Waals surface area contributed by atoms with E-state index in [1.807, 2.05) is 6.92 Å². The fourth-order valence-corrected chi connectivity index (χ4v) is 3.44. The molecular formula is C21H32N3O+. The van der Waals surface area contributed by atoms with E-state index in [0.717, 1.165) is 25.7 Å². The van der Waals surface area contributed by atoms with Crippen LogP contribution in [-0.4, -0.2) is 18.0 Å². The van der Waals surface area contributed by atoms with Crippen molar-refractivity contribution in [2.45, 2.75) is 65.0 Å². The maximum atomic E-state index is 12.4. The van der Waals surface area contributed by atoms with Crippen molar-refractivity contribution in [3.8, 4) is 6.07 Å². The lowest BCUT2D eigenvalue weighted by Gasteiger charge is -2.24. The largest absolute Gasteiger partial charge is 0.333 e. The second kappa shape index (κ2) is 8.49. The van der Waals surface area contributed by atoms with Gasteiger partial charge in [0, 0.05) is 11.5 Å². The molecule has 0 heterocycles. The molecule has 3 N–H and O–H groups in total. The van der Waals surface area contributed by atoms with Gasteiger partial charge in [0.05, 0.1) is 6.07 Å². The SMILES string of the molecule is CCCc1ccc([C@H]([NH2+]CC(=O)N[C@@](C)(C#N)C2CC2)C(C)C)cc1. The highest BCUT2D eigenvalue weighted by atomic mass is 16.2. The lowest BCUT2D eigenvalue weighted by atomic mass is 9.94. The molecule has 1 aromatic rings. The first-order valence-corrected chi connectivity index (χ1v) is 9.54. The van der Waals surface area contributed by atoms with Crippen LogP contribution in [0.4, 0.5) is 0 Å². The summed E-state index contributed by atoms with van der Waals surface area (Å²) in [7, 11) is 0. The molecule has 1 fully saturated rings. The minimum Gasteiger partial charge on any atom is -0.333 e. The number of nitrogens with zero attached hydrogens (tertiary/aromatic N) is 1. The second-order valence-electron chi connectivity index (χ2n) is 7.84.